The Morgan fingerprint density at radius 3 is 2.62 bits per heavy atom. The first kappa shape index (κ1) is 20.9. The average molecular weight is 439 g/mol. The van der Waals surface area contributed by atoms with E-state index >= 15 is 0 Å². The predicted octanol–water partition coefficient (Wildman–Crippen LogP) is 2.75. The largest absolute Gasteiger partial charge is 0.337 e. The summed E-state index contributed by atoms with van der Waals surface area (Å²) in [6.07, 6.45) is 0.925. The molecule has 0 aliphatic rings. The normalized spacial score (nSPS) is 12.6. The summed E-state index contributed by atoms with van der Waals surface area (Å²) >= 11 is 1.45. The lowest BCUT2D eigenvalue weighted by atomic mass is 10.2. The average Bonchev–Trinajstić information content (AvgIpc) is 3.33. The third kappa shape index (κ3) is 4.62. The highest BCUT2D eigenvalue weighted by Gasteiger charge is 2.33. The highest BCUT2D eigenvalue weighted by molar-refractivity contribution is 7.92. The molecule has 1 amide bonds. The Kier molecular flexibility index (Phi) is 5.99. The van der Waals surface area contributed by atoms with Gasteiger partial charge in [-0.2, -0.15) is 4.98 Å². The monoisotopic (exact) mass is 438 g/mol. The van der Waals surface area contributed by atoms with Crippen LogP contribution in [0.25, 0.3) is 10.7 Å². The summed E-state index contributed by atoms with van der Waals surface area (Å²) in [5.41, 5.74) is -0.193. The number of aromatic nitrogens is 2. The molecule has 0 N–H and O–H groups in total. The second-order valence-corrected chi connectivity index (χ2v) is 9.18. The van der Waals surface area contributed by atoms with Crippen LogP contribution in [0.1, 0.15) is 12.8 Å². The Hall–Kier alpha value is -2.79. The molecule has 0 fully saturated rings. The number of likely N-dealkylation sites (N-methyl/N-ethyl adjacent to an activating group) is 1. The molecule has 0 radical (unpaired) electrons. The fourth-order valence-electron chi connectivity index (χ4n) is 2.83. The molecule has 3 aromatic rings. The highest BCUT2D eigenvalue weighted by atomic mass is 32.2. The quantitative estimate of drug-likeness (QED) is 0.563. The molecule has 0 spiro atoms. The zero-order valence-corrected chi connectivity index (χ0v) is 17.6. The maximum atomic E-state index is 14.2. The number of benzene rings is 1. The van der Waals surface area contributed by atoms with Crippen molar-refractivity contribution in [1.29, 1.82) is 0 Å². The number of para-hydroxylation sites is 1. The second kappa shape index (κ2) is 8.29. The van der Waals surface area contributed by atoms with Gasteiger partial charge in [-0.1, -0.05) is 23.4 Å². The molecule has 1 atom stereocenters. The number of sulfonamides is 1. The Morgan fingerprint density at radius 1 is 1.28 bits per heavy atom. The van der Waals surface area contributed by atoms with Gasteiger partial charge in [0.05, 0.1) is 23.4 Å². The van der Waals surface area contributed by atoms with Crippen LogP contribution in [0.3, 0.4) is 0 Å². The molecule has 29 heavy (non-hydrogen) atoms. The Morgan fingerprint density at radius 2 is 2.00 bits per heavy atom. The fourth-order valence-corrected chi connectivity index (χ4v) is 4.65. The van der Waals surface area contributed by atoms with Gasteiger partial charge in [0.25, 0.3) is 0 Å². The minimum atomic E-state index is -3.92. The van der Waals surface area contributed by atoms with Crippen LogP contribution in [0.15, 0.2) is 46.3 Å². The number of thiophene rings is 1. The first-order valence-electron chi connectivity index (χ1n) is 8.54. The van der Waals surface area contributed by atoms with E-state index in [0.717, 1.165) is 21.5 Å². The number of rotatable bonds is 7. The number of halogens is 1. The van der Waals surface area contributed by atoms with Gasteiger partial charge in [0, 0.05) is 7.05 Å². The summed E-state index contributed by atoms with van der Waals surface area (Å²) in [6.45, 7) is 1.38. The van der Waals surface area contributed by atoms with Gasteiger partial charge < -0.3 is 9.42 Å². The lowest BCUT2D eigenvalue weighted by Crippen LogP contribution is -2.48. The lowest BCUT2D eigenvalue weighted by Gasteiger charge is -2.30. The van der Waals surface area contributed by atoms with E-state index in [4.69, 9.17) is 4.52 Å². The predicted molar refractivity (Wildman–Crippen MR) is 107 cm³/mol. The van der Waals surface area contributed by atoms with E-state index in [2.05, 4.69) is 10.1 Å². The van der Waals surface area contributed by atoms with E-state index in [1.807, 2.05) is 17.5 Å². The minimum absolute atomic E-state index is 0.0174. The SMILES string of the molecule is C[C@H](C(=O)N(C)Cc1nc(-c2cccs2)no1)N(c1ccccc1F)S(C)(=O)=O. The van der Waals surface area contributed by atoms with Gasteiger partial charge in [-0.05, 0) is 30.5 Å². The summed E-state index contributed by atoms with van der Waals surface area (Å²) < 4.78 is 44.8. The van der Waals surface area contributed by atoms with Crippen LogP contribution >= 0.6 is 11.3 Å². The molecule has 2 heterocycles. The van der Waals surface area contributed by atoms with Crippen molar-refractivity contribution in [2.75, 3.05) is 17.6 Å². The Labute approximate surface area is 171 Å². The number of hydrogen-bond acceptors (Lipinski definition) is 7. The molecule has 0 saturated heterocycles. The van der Waals surface area contributed by atoms with Crippen LogP contribution in [0, 0.1) is 5.82 Å². The molecule has 0 bridgehead atoms. The number of amides is 1. The smallest absolute Gasteiger partial charge is 0.246 e. The van der Waals surface area contributed by atoms with Crippen LogP contribution in [0.2, 0.25) is 0 Å². The van der Waals surface area contributed by atoms with Crippen LogP contribution in [0.4, 0.5) is 10.1 Å². The summed E-state index contributed by atoms with van der Waals surface area (Å²) in [5.74, 6) is -0.673. The molecule has 0 unspecified atom stereocenters. The molecule has 11 heteroatoms. The molecule has 3 rings (SSSR count). The first-order chi connectivity index (χ1) is 13.7. The van der Waals surface area contributed by atoms with E-state index < -0.39 is 27.8 Å². The Balaban J connectivity index is 1.79. The van der Waals surface area contributed by atoms with Crippen LogP contribution < -0.4 is 4.31 Å². The molecule has 154 valence electrons. The van der Waals surface area contributed by atoms with Crippen molar-refractivity contribution >= 4 is 33.0 Å². The molecule has 0 aliphatic heterocycles. The number of hydrogen-bond donors (Lipinski definition) is 0. The molecule has 2 aromatic heterocycles. The van der Waals surface area contributed by atoms with E-state index in [0.29, 0.717) is 5.82 Å². The summed E-state index contributed by atoms with van der Waals surface area (Å²) in [7, 11) is -2.44. The van der Waals surface area contributed by atoms with Crippen molar-refractivity contribution in [2.45, 2.75) is 19.5 Å². The molecule has 0 saturated carbocycles. The Bertz CT molecular complexity index is 1100. The third-order valence-electron chi connectivity index (χ3n) is 4.11. The molecule has 1 aromatic carbocycles. The van der Waals surface area contributed by atoms with Crippen molar-refractivity contribution in [3.63, 3.8) is 0 Å². The van der Waals surface area contributed by atoms with Gasteiger partial charge in [0.1, 0.15) is 11.9 Å². The maximum absolute atomic E-state index is 14.2. The molecular formula is C18H19FN4O4S2. The zero-order chi connectivity index (χ0) is 21.2. The summed E-state index contributed by atoms with van der Waals surface area (Å²) in [4.78, 5) is 19.2. The van der Waals surface area contributed by atoms with Gasteiger partial charge in [0.15, 0.2) is 0 Å². The van der Waals surface area contributed by atoms with Crippen LogP contribution in [0.5, 0.6) is 0 Å². The van der Waals surface area contributed by atoms with Crippen LogP contribution in [-0.4, -0.2) is 48.7 Å². The van der Waals surface area contributed by atoms with Crippen molar-refractivity contribution in [3.8, 4) is 10.7 Å². The van der Waals surface area contributed by atoms with Crippen molar-refractivity contribution in [3.05, 3.63) is 53.5 Å². The van der Waals surface area contributed by atoms with E-state index in [9.17, 15) is 17.6 Å². The highest BCUT2D eigenvalue weighted by Crippen LogP contribution is 2.25. The van der Waals surface area contributed by atoms with Crippen LogP contribution in [-0.2, 0) is 21.4 Å². The standard InChI is InChI=1S/C18H19FN4O4S2/c1-12(23(29(3,25)26)14-8-5-4-7-13(14)19)18(24)22(2)11-16-20-17(21-27-16)15-9-6-10-28-15/h4-10,12H,11H2,1-3H3/t12-/m1/s1. The topological polar surface area (TPSA) is 96.6 Å². The number of anilines is 1. The van der Waals surface area contributed by atoms with Gasteiger partial charge in [0.2, 0.25) is 27.6 Å². The van der Waals surface area contributed by atoms with Crippen molar-refractivity contribution in [2.24, 2.45) is 0 Å². The number of carbonyl (C=O) groups is 1. The maximum Gasteiger partial charge on any atom is 0.246 e. The zero-order valence-electron chi connectivity index (χ0n) is 15.9. The third-order valence-corrected chi connectivity index (χ3v) is 6.21. The van der Waals surface area contributed by atoms with Crippen molar-refractivity contribution in [1.82, 2.24) is 15.0 Å². The minimum Gasteiger partial charge on any atom is -0.337 e. The summed E-state index contributed by atoms with van der Waals surface area (Å²) in [5, 5.41) is 5.76. The fraction of sp³-hybridized carbons (Fsp3) is 0.278. The van der Waals surface area contributed by atoms with E-state index in [1.54, 1.807) is 0 Å². The lowest BCUT2D eigenvalue weighted by molar-refractivity contribution is -0.131. The molecular weight excluding hydrogens is 419 g/mol. The second-order valence-electron chi connectivity index (χ2n) is 6.37. The summed E-state index contributed by atoms with van der Waals surface area (Å²) in [6, 6.07) is 7.92. The number of carbonyl (C=O) groups excluding carboxylic acids is 1. The van der Waals surface area contributed by atoms with Gasteiger partial charge in [-0.15, -0.1) is 11.3 Å². The number of nitrogens with zero attached hydrogens (tertiary/aromatic N) is 4. The van der Waals surface area contributed by atoms with Gasteiger partial charge >= 0.3 is 0 Å². The van der Waals surface area contributed by atoms with Gasteiger partial charge in [-0.3, -0.25) is 9.10 Å². The molecule has 0 aliphatic carbocycles. The van der Waals surface area contributed by atoms with Crippen molar-refractivity contribution < 1.29 is 22.1 Å². The van der Waals surface area contributed by atoms with Gasteiger partial charge in [-0.25, -0.2) is 12.8 Å². The van der Waals surface area contributed by atoms with E-state index in [1.165, 1.54) is 48.4 Å². The first-order valence-corrected chi connectivity index (χ1v) is 11.3. The van der Waals surface area contributed by atoms with E-state index in [-0.39, 0.29) is 18.1 Å². The molecule has 8 nitrogen and oxygen atoms in total.